The van der Waals surface area contributed by atoms with Crippen LogP contribution in [-0.2, 0) is 5.60 Å². The normalized spacial score (nSPS) is 18.2. The van der Waals surface area contributed by atoms with Crippen molar-refractivity contribution in [3.05, 3.63) is 95.6 Å². The number of ether oxygens (including phenoxy) is 1. The maximum atomic E-state index is 11.9. The number of aliphatic hydroxyl groups is 1. The molecule has 1 N–H and O–H groups in total. The van der Waals surface area contributed by atoms with Gasteiger partial charge in [0.05, 0.1) is 0 Å². The number of anilines is 1. The van der Waals surface area contributed by atoms with E-state index in [1.54, 1.807) is 7.11 Å². The van der Waals surface area contributed by atoms with Crippen LogP contribution in [-0.4, -0.2) is 47.2 Å². The molecule has 0 bridgehead atoms. The fourth-order valence-electron chi connectivity index (χ4n) is 3.44. The maximum absolute atomic E-state index is 11.9. The van der Waals surface area contributed by atoms with Gasteiger partial charge in [-0.15, -0.1) is 0 Å². The van der Waals surface area contributed by atoms with Gasteiger partial charge in [-0.05, 0) is 0 Å². The molecule has 0 saturated carbocycles. The van der Waals surface area contributed by atoms with Gasteiger partial charge in [0.15, 0.2) is 0 Å². The second kappa shape index (κ2) is 7.64. The molecule has 28 heavy (non-hydrogen) atoms. The first-order valence-corrected chi connectivity index (χ1v) is 11.5. The van der Waals surface area contributed by atoms with E-state index in [0.29, 0.717) is 0 Å². The van der Waals surface area contributed by atoms with Crippen LogP contribution in [0.5, 0.6) is 5.75 Å². The second-order valence-electron chi connectivity index (χ2n) is 7.05. The molecule has 4 rings (SSSR count). The van der Waals surface area contributed by atoms with E-state index in [0.717, 1.165) is 22.6 Å². The summed E-state index contributed by atoms with van der Waals surface area (Å²) < 4.78 is 7.91. The summed E-state index contributed by atoms with van der Waals surface area (Å²) in [6.07, 6.45) is 2.06. The first kappa shape index (κ1) is 19.1. The SMILES string of the molecule is COc1ccc2c(c1)[Te]C(c1ccccc1)=CC2(O)c1ccc(N(C)C)cc1. The third-order valence-electron chi connectivity index (χ3n) is 5.04. The van der Waals surface area contributed by atoms with Gasteiger partial charge in [-0.3, -0.25) is 0 Å². The van der Waals surface area contributed by atoms with Crippen molar-refractivity contribution < 1.29 is 9.84 Å². The van der Waals surface area contributed by atoms with E-state index in [9.17, 15) is 5.11 Å². The fraction of sp³-hybridized carbons (Fsp3) is 0.167. The third-order valence-corrected chi connectivity index (χ3v) is 8.27. The van der Waals surface area contributed by atoms with Crippen LogP contribution in [0.1, 0.15) is 16.7 Å². The summed E-state index contributed by atoms with van der Waals surface area (Å²) in [5.74, 6) is 0.837. The van der Waals surface area contributed by atoms with Crippen LogP contribution in [0.2, 0.25) is 0 Å². The van der Waals surface area contributed by atoms with Gasteiger partial charge in [0.2, 0.25) is 0 Å². The van der Waals surface area contributed by atoms with E-state index >= 15 is 0 Å². The Morgan fingerprint density at radius 3 is 2.29 bits per heavy atom. The summed E-state index contributed by atoms with van der Waals surface area (Å²) in [5, 5.41) is 11.9. The number of nitrogens with zero attached hydrogens (tertiary/aromatic N) is 1. The first-order chi connectivity index (χ1) is 13.5. The number of hydrogen-bond acceptors (Lipinski definition) is 3. The first-order valence-electron chi connectivity index (χ1n) is 9.16. The van der Waals surface area contributed by atoms with Crippen molar-refractivity contribution in [1.82, 2.24) is 0 Å². The third kappa shape index (κ3) is 3.44. The van der Waals surface area contributed by atoms with Crippen LogP contribution in [0.25, 0.3) is 3.62 Å². The molecule has 0 aliphatic carbocycles. The molecule has 1 aliphatic rings. The topological polar surface area (TPSA) is 32.7 Å². The van der Waals surface area contributed by atoms with E-state index in [2.05, 4.69) is 53.4 Å². The number of fused-ring (bicyclic) bond motifs is 1. The molecule has 1 unspecified atom stereocenters. The van der Waals surface area contributed by atoms with Crippen molar-refractivity contribution in [2.24, 2.45) is 0 Å². The Morgan fingerprint density at radius 2 is 1.64 bits per heavy atom. The molecule has 3 nitrogen and oxygen atoms in total. The zero-order valence-electron chi connectivity index (χ0n) is 16.2. The van der Waals surface area contributed by atoms with Crippen LogP contribution < -0.4 is 13.2 Å². The van der Waals surface area contributed by atoms with Gasteiger partial charge >= 0.3 is 177 Å². The fourth-order valence-corrected chi connectivity index (χ4v) is 6.95. The van der Waals surface area contributed by atoms with Gasteiger partial charge in [0.25, 0.3) is 0 Å². The summed E-state index contributed by atoms with van der Waals surface area (Å²) in [7, 11) is 5.72. The van der Waals surface area contributed by atoms with Crippen LogP contribution in [0.3, 0.4) is 0 Å². The molecule has 142 valence electrons. The molecule has 1 heterocycles. The quantitative estimate of drug-likeness (QED) is 0.576. The van der Waals surface area contributed by atoms with Gasteiger partial charge in [0.1, 0.15) is 0 Å². The van der Waals surface area contributed by atoms with Crippen LogP contribution in [0.4, 0.5) is 5.69 Å². The van der Waals surface area contributed by atoms with E-state index in [1.165, 1.54) is 12.8 Å². The Morgan fingerprint density at radius 1 is 0.929 bits per heavy atom. The van der Waals surface area contributed by atoms with Gasteiger partial charge in [-0.1, -0.05) is 0 Å². The van der Waals surface area contributed by atoms with Gasteiger partial charge < -0.3 is 0 Å². The Kier molecular flexibility index (Phi) is 5.21. The van der Waals surface area contributed by atoms with E-state index in [-0.39, 0.29) is 0 Å². The van der Waals surface area contributed by atoms with Gasteiger partial charge in [-0.2, -0.15) is 0 Å². The number of benzene rings is 3. The average molecular weight is 485 g/mol. The molecule has 3 aromatic carbocycles. The molecule has 1 aliphatic heterocycles. The summed E-state index contributed by atoms with van der Waals surface area (Å²) in [5.41, 5.74) is 2.99. The van der Waals surface area contributed by atoms with Crippen LogP contribution in [0, 0.1) is 0 Å². The minimum absolute atomic E-state index is 0.644. The second-order valence-corrected chi connectivity index (χ2v) is 10.1. The summed E-state index contributed by atoms with van der Waals surface area (Å²) in [6.45, 7) is 0. The zero-order valence-corrected chi connectivity index (χ0v) is 18.5. The van der Waals surface area contributed by atoms with E-state index < -0.39 is 26.5 Å². The van der Waals surface area contributed by atoms with Crippen molar-refractivity contribution in [3.63, 3.8) is 0 Å². The number of hydrogen-bond donors (Lipinski definition) is 1. The summed E-state index contributed by atoms with van der Waals surface area (Å²) >= 11 is -0.644. The minimum atomic E-state index is -1.15. The van der Waals surface area contributed by atoms with Gasteiger partial charge in [0, 0.05) is 0 Å². The predicted octanol–water partition coefficient (Wildman–Crippen LogP) is 3.38. The van der Waals surface area contributed by atoms with Crippen molar-refractivity contribution in [2.75, 3.05) is 26.1 Å². The summed E-state index contributed by atoms with van der Waals surface area (Å²) in [6, 6.07) is 24.6. The van der Waals surface area contributed by atoms with E-state index in [1.807, 2.05) is 44.4 Å². The van der Waals surface area contributed by atoms with Crippen molar-refractivity contribution in [1.29, 1.82) is 0 Å². The molecule has 4 heteroatoms. The molecular weight excluding hydrogens is 462 g/mol. The predicted molar refractivity (Wildman–Crippen MR) is 117 cm³/mol. The average Bonchev–Trinajstić information content (AvgIpc) is 2.74. The van der Waals surface area contributed by atoms with Crippen molar-refractivity contribution >= 4 is 33.8 Å². The Hall–Kier alpha value is -2.25. The molecule has 0 saturated heterocycles. The molecular formula is C24H23NO2Te. The van der Waals surface area contributed by atoms with Crippen LogP contribution >= 0.6 is 0 Å². The molecule has 0 amide bonds. The Balaban J connectivity index is 1.88. The summed E-state index contributed by atoms with van der Waals surface area (Å²) in [4.78, 5) is 2.06. The molecule has 0 radical (unpaired) electrons. The zero-order chi connectivity index (χ0) is 19.7. The number of methoxy groups -OCH3 is 1. The molecule has 1 atom stereocenters. The van der Waals surface area contributed by atoms with Gasteiger partial charge in [-0.25, -0.2) is 0 Å². The Labute approximate surface area is 176 Å². The molecule has 0 aromatic heterocycles. The monoisotopic (exact) mass is 487 g/mol. The van der Waals surface area contributed by atoms with Crippen molar-refractivity contribution in [2.45, 2.75) is 5.60 Å². The van der Waals surface area contributed by atoms with Crippen LogP contribution in [0.15, 0.2) is 78.9 Å². The Bertz CT molecular complexity index is 1010. The molecule has 3 aromatic rings. The standard InChI is InChI=1S/C24H23NO2Te/c1-25(2)19-11-9-18(10-12-19)24(26)16-23(17-7-5-4-6-8-17)28-22-15-20(27-3)13-14-21(22)24/h4-16,26H,1-3H3. The van der Waals surface area contributed by atoms with E-state index in [4.69, 9.17) is 4.74 Å². The molecule has 0 fully saturated rings. The number of rotatable bonds is 4. The van der Waals surface area contributed by atoms with Crippen molar-refractivity contribution in [3.8, 4) is 5.75 Å². The molecule has 0 spiro atoms.